The molecule has 0 spiro atoms. The van der Waals surface area contributed by atoms with Crippen molar-refractivity contribution in [3.8, 4) is 0 Å². The summed E-state index contributed by atoms with van der Waals surface area (Å²) in [5.74, 6) is 0. The molecule has 0 aromatic heterocycles. The molecule has 0 amide bonds. The van der Waals surface area contributed by atoms with Gasteiger partial charge in [0.05, 0.1) is 0 Å². The van der Waals surface area contributed by atoms with Crippen molar-refractivity contribution in [2.75, 3.05) is 19.6 Å². The molecule has 0 aliphatic carbocycles. The molecular formula is C16H26N2. The Morgan fingerprint density at radius 3 is 2.17 bits per heavy atom. The zero-order valence-corrected chi connectivity index (χ0v) is 11.4. The number of hydrogen-bond acceptors (Lipinski definition) is 2. The first-order valence-corrected chi connectivity index (χ1v) is 7.39. The van der Waals surface area contributed by atoms with Crippen LogP contribution < -0.4 is 5.73 Å². The number of benzene rings is 1. The Kier molecular flexibility index (Phi) is 5.69. The van der Waals surface area contributed by atoms with E-state index in [0.717, 1.165) is 19.5 Å². The first-order valence-electron chi connectivity index (χ1n) is 7.39. The van der Waals surface area contributed by atoms with Gasteiger partial charge in [-0.1, -0.05) is 43.5 Å². The fraction of sp³-hybridized carbons (Fsp3) is 0.625. The van der Waals surface area contributed by atoms with E-state index in [1.807, 2.05) is 0 Å². The van der Waals surface area contributed by atoms with E-state index >= 15 is 0 Å². The SMILES string of the molecule is NCCc1ccccc1CN1CCCCCCC1. The Morgan fingerprint density at radius 2 is 1.50 bits per heavy atom. The molecule has 0 radical (unpaired) electrons. The fourth-order valence-electron chi connectivity index (χ4n) is 2.82. The minimum Gasteiger partial charge on any atom is -0.330 e. The van der Waals surface area contributed by atoms with Crippen LogP contribution in [0.25, 0.3) is 0 Å². The molecule has 18 heavy (non-hydrogen) atoms. The van der Waals surface area contributed by atoms with Crippen LogP contribution in [0, 0.1) is 0 Å². The molecule has 1 fully saturated rings. The molecule has 0 saturated carbocycles. The van der Waals surface area contributed by atoms with E-state index in [-0.39, 0.29) is 0 Å². The summed E-state index contributed by atoms with van der Waals surface area (Å²) in [6.07, 6.45) is 7.96. The highest BCUT2D eigenvalue weighted by Gasteiger charge is 2.10. The second kappa shape index (κ2) is 7.55. The number of likely N-dealkylation sites (tertiary alicyclic amines) is 1. The molecule has 1 aromatic rings. The lowest BCUT2D eigenvalue weighted by Gasteiger charge is -2.25. The maximum absolute atomic E-state index is 5.69. The lowest BCUT2D eigenvalue weighted by molar-refractivity contribution is 0.239. The molecule has 2 nitrogen and oxygen atoms in total. The Hall–Kier alpha value is -0.860. The minimum absolute atomic E-state index is 0.747. The van der Waals surface area contributed by atoms with Crippen LogP contribution in [0.1, 0.15) is 43.2 Å². The summed E-state index contributed by atoms with van der Waals surface area (Å²) in [5, 5.41) is 0. The van der Waals surface area contributed by atoms with Gasteiger partial charge >= 0.3 is 0 Å². The van der Waals surface area contributed by atoms with E-state index in [1.165, 1.54) is 56.3 Å². The van der Waals surface area contributed by atoms with Gasteiger partial charge in [0.1, 0.15) is 0 Å². The number of nitrogens with zero attached hydrogens (tertiary/aromatic N) is 1. The van der Waals surface area contributed by atoms with Crippen molar-refractivity contribution in [2.24, 2.45) is 5.73 Å². The summed E-state index contributed by atoms with van der Waals surface area (Å²) in [7, 11) is 0. The molecular weight excluding hydrogens is 220 g/mol. The van der Waals surface area contributed by atoms with E-state index < -0.39 is 0 Å². The van der Waals surface area contributed by atoms with E-state index in [4.69, 9.17) is 5.73 Å². The first kappa shape index (κ1) is 13.6. The van der Waals surface area contributed by atoms with E-state index in [9.17, 15) is 0 Å². The average molecular weight is 246 g/mol. The van der Waals surface area contributed by atoms with Crippen LogP contribution in [0.4, 0.5) is 0 Å². The normalized spacial score (nSPS) is 18.3. The third-order valence-electron chi connectivity index (χ3n) is 3.87. The molecule has 2 heteroatoms. The Bertz CT molecular complexity index is 341. The predicted octanol–water partition coefficient (Wildman–Crippen LogP) is 2.95. The second-order valence-corrected chi connectivity index (χ2v) is 5.35. The maximum atomic E-state index is 5.69. The smallest absolute Gasteiger partial charge is 0.0236 e. The standard InChI is InChI=1S/C16H26N2/c17-11-10-15-8-4-5-9-16(15)14-18-12-6-2-1-3-7-13-18/h4-5,8-9H,1-3,6-7,10-14,17H2. The van der Waals surface area contributed by atoms with Gasteiger partial charge in [0.25, 0.3) is 0 Å². The van der Waals surface area contributed by atoms with Crippen molar-refractivity contribution in [1.29, 1.82) is 0 Å². The molecule has 1 aliphatic rings. The highest BCUT2D eigenvalue weighted by Crippen LogP contribution is 2.16. The van der Waals surface area contributed by atoms with Gasteiger partial charge in [0.15, 0.2) is 0 Å². The van der Waals surface area contributed by atoms with Gasteiger partial charge in [-0.15, -0.1) is 0 Å². The van der Waals surface area contributed by atoms with E-state index in [1.54, 1.807) is 0 Å². The highest BCUT2D eigenvalue weighted by atomic mass is 15.1. The van der Waals surface area contributed by atoms with Crippen LogP contribution in [0.3, 0.4) is 0 Å². The predicted molar refractivity (Wildman–Crippen MR) is 77.6 cm³/mol. The lowest BCUT2D eigenvalue weighted by Crippen LogP contribution is -2.27. The summed E-state index contributed by atoms with van der Waals surface area (Å²) in [4.78, 5) is 2.62. The number of nitrogens with two attached hydrogens (primary N) is 1. The monoisotopic (exact) mass is 246 g/mol. The van der Waals surface area contributed by atoms with Crippen molar-refractivity contribution in [1.82, 2.24) is 4.90 Å². The molecule has 1 heterocycles. The zero-order valence-electron chi connectivity index (χ0n) is 11.4. The van der Waals surface area contributed by atoms with Crippen molar-refractivity contribution in [2.45, 2.75) is 45.1 Å². The zero-order chi connectivity index (χ0) is 12.6. The number of rotatable bonds is 4. The number of hydrogen-bond donors (Lipinski definition) is 1. The lowest BCUT2D eigenvalue weighted by atomic mass is 10.0. The third-order valence-corrected chi connectivity index (χ3v) is 3.87. The summed E-state index contributed by atoms with van der Waals surface area (Å²) in [6, 6.07) is 8.78. The molecule has 1 aromatic carbocycles. The third kappa shape index (κ3) is 4.11. The molecule has 1 aliphatic heterocycles. The van der Waals surface area contributed by atoms with Crippen molar-refractivity contribution in [3.63, 3.8) is 0 Å². The second-order valence-electron chi connectivity index (χ2n) is 5.35. The largest absolute Gasteiger partial charge is 0.330 e. The Morgan fingerprint density at radius 1 is 0.889 bits per heavy atom. The van der Waals surface area contributed by atoms with Crippen LogP contribution in [-0.2, 0) is 13.0 Å². The molecule has 1 saturated heterocycles. The minimum atomic E-state index is 0.747. The topological polar surface area (TPSA) is 29.3 Å². The molecule has 0 bridgehead atoms. The van der Waals surface area contributed by atoms with Crippen molar-refractivity contribution >= 4 is 0 Å². The van der Waals surface area contributed by atoms with Crippen molar-refractivity contribution in [3.05, 3.63) is 35.4 Å². The quantitative estimate of drug-likeness (QED) is 0.885. The molecule has 0 atom stereocenters. The molecule has 0 unspecified atom stereocenters. The maximum Gasteiger partial charge on any atom is 0.0236 e. The summed E-state index contributed by atoms with van der Waals surface area (Å²) in [6.45, 7) is 4.38. The van der Waals surface area contributed by atoms with E-state index in [0.29, 0.717) is 0 Å². The van der Waals surface area contributed by atoms with Gasteiger partial charge in [-0.3, -0.25) is 4.90 Å². The molecule has 2 rings (SSSR count). The van der Waals surface area contributed by atoms with Gasteiger partial charge in [-0.25, -0.2) is 0 Å². The van der Waals surface area contributed by atoms with Gasteiger partial charge in [-0.2, -0.15) is 0 Å². The Balaban J connectivity index is 1.98. The molecule has 2 N–H and O–H groups in total. The molecule has 100 valence electrons. The Labute approximate surface area is 111 Å². The average Bonchev–Trinajstić information content (AvgIpc) is 2.35. The fourth-order valence-corrected chi connectivity index (χ4v) is 2.82. The summed E-state index contributed by atoms with van der Waals surface area (Å²) >= 11 is 0. The summed E-state index contributed by atoms with van der Waals surface area (Å²) in [5.41, 5.74) is 8.60. The van der Waals surface area contributed by atoms with Crippen molar-refractivity contribution < 1.29 is 0 Å². The summed E-state index contributed by atoms with van der Waals surface area (Å²) < 4.78 is 0. The van der Waals surface area contributed by atoms with E-state index in [2.05, 4.69) is 29.2 Å². The van der Waals surface area contributed by atoms with Crippen LogP contribution >= 0.6 is 0 Å². The van der Waals surface area contributed by atoms with Crippen LogP contribution in [0.2, 0.25) is 0 Å². The van der Waals surface area contributed by atoms with Gasteiger partial charge < -0.3 is 5.73 Å². The van der Waals surface area contributed by atoms with Crippen LogP contribution in [-0.4, -0.2) is 24.5 Å². The van der Waals surface area contributed by atoms with Gasteiger partial charge in [-0.05, 0) is 50.0 Å². The highest BCUT2D eigenvalue weighted by molar-refractivity contribution is 5.27. The first-order chi connectivity index (χ1) is 8.90. The van der Waals surface area contributed by atoms with Crippen LogP contribution in [0.15, 0.2) is 24.3 Å². The van der Waals surface area contributed by atoms with Gasteiger partial charge in [0, 0.05) is 6.54 Å². The van der Waals surface area contributed by atoms with Gasteiger partial charge in [0.2, 0.25) is 0 Å². The van der Waals surface area contributed by atoms with Crippen LogP contribution in [0.5, 0.6) is 0 Å².